The Labute approximate surface area is 124 Å². The van der Waals surface area contributed by atoms with E-state index in [0.29, 0.717) is 0 Å². The summed E-state index contributed by atoms with van der Waals surface area (Å²) >= 11 is 7.83. The highest BCUT2D eigenvalue weighted by molar-refractivity contribution is 7.99. The SMILES string of the molecule is CCc1ccc(C(N)CSc2ccccc2Cl)cc1. The molecular weight excluding hydrogens is 274 g/mol. The monoisotopic (exact) mass is 291 g/mol. The molecule has 0 aliphatic heterocycles. The van der Waals surface area contributed by atoms with Gasteiger partial charge in [0.05, 0.1) is 5.02 Å². The van der Waals surface area contributed by atoms with Crippen molar-refractivity contribution in [1.82, 2.24) is 0 Å². The second kappa shape index (κ2) is 6.99. The minimum atomic E-state index is 0.0344. The summed E-state index contributed by atoms with van der Waals surface area (Å²) in [6.07, 6.45) is 1.06. The quantitative estimate of drug-likeness (QED) is 0.809. The molecule has 0 saturated heterocycles. The van der Waals surface area contributed by atoms with E-state index in [1.165, 1.54) is 11.1 Å². The van der Waals surface area contributed by atoms with Crippen molar-refractivity contribution >= 4 is 23.4 Å². The molecule has 0 aliphatic carbocycles. The minimum absolute atomic E-state index is 0.0344. The predicted octanol–water partition coefficient (Wildman–Crippen LogP) is 4.69. The first-order valence-electron chi connectivity index (χ1n) is 6.42. The van der Waals surface area contributed by atoms with E-state index in [0.717, 1.165) is 22.1 Å². The molecule has 2 N–H and O–H groups in total. The molecule has 0 aliphatic rings. The van der Waals surface area contributed by atoms with Crippen LogP contribution in [0, 0.1) is 0 Å². The fraction of sp³-hybridized carbons (Fsp3) is 0.250. The van der Waals surface area contributed by atoms with Gasteiger partial charge in [-0.05, 0) is 29.7 Å². The lowest BCUT2D eigenvalue weighted by molar-refractivity contribution is 0.830. The third-order valence-corrected chi connectivity index (χ3v) is 4.71. The lowest BCUT2D eigenvalue weighted by atomic mass is 10.1. The first kappa shape index (κ1) is 14.4. The molecular formula is C16H18ClNS. The molecule has 100 valence electrons. The number of halogens is 1. The first-order valence-corrected chi connectivity index (χ1v) is 7.78. The van der Waals surface area contributed by atoms with Crippen molar-refractivity contribution in [3.05, 3.63) is 64.7 Å². The van der Waals surface area contributed by atoms with E-state index in [1.54, 1.807) is 11.8 Å². The molecule has 0 saturated carbocycles. The van der Waals surface area contributed by atoms with Crippen molar-refractivity contribution in [2.24, 2.45) is 5.73 Å². The van der Waals surface area contributed by atoms with Gasteiger partial charge < -0.3 is 5.73 Å². The van der Waals surface area contributed by atoms with E-state index in [1.807, 2.05) is 24.3 Å². The van der Waals surface area contributed by atoms with Gasteiger partial charge in [0, 0.05) is 16.7 Å². The van der Waals surface area contributed by atoms with E-state index in [9.17, 15) is 0 Å². The van der Waals surface area contributed by atoms with Crippen molar-refractivity contribution in [1.29, 1.82) is 0 Å². The van der Waals surface area contributed by atoms with Crippen LogP contribution in [0.3, 0.4) is 0 Å². The third kappa shape index (κ3) is 4.00. The lowest BCUT2D eigenvalue weighted by Crippen LogP contribution is -2.12. The average Bonchev–Trinajstić information content (AvgIpc) is 2.46. The van der Waals surface area contributed by atoms with Gasteiger partial charge in [-0.3, -0.25) is 0 Å². The Morgan fingerprint density at radius 2 is 1.79 bits per heavy atom. The summed E-state index contributed by atoms with van der Waals surface area (Å²) in [5.41, 5.74) is 8.74. The number of hydrogen-bond donors (Lipinski definition) is 1. The van der Waals surface area contributed by atoms with Gasteiger partial charge in [0.25, 0.3) is 0 Å². The molecule has 0 amide bonds. The first-order chi connectivity index (χ1) is 9.20. The molecule has 1 unspecified atom stereocenters. The molecule has 0 bridgehead atoms. The highest BCUT2D eigenvalue weighted by atomic mass is 35.5. The van der Waals surface area contributed by atoms with Crippen LogP contribution >= 0.6 is 23.4 Å². The van der Waals surface area contributed by atoms with Crippen molar-refractivity contribution in [2.45, 2.75) is 24.3 Å². The van der Waals surface area contributed by atoms with Gasteiger partial charge in [-0.1, -0.05) is 54.9 Å². The summed E-state index contributed by atoms with van der Waals surface area (Å²) in [6.45, 7) is 2.15. The summed E-state index contributed by atoms with van der Waals surface area (Å²) in [7, 11) is 0. The molecule has 3 heteroatoms. The molecule has 0 fully saturated rings. The van der Waals surface area contributed by atoms with Gasteiger partial charge in [-0.25, -0.2) is 0 Å². The summed E-state index contributed by atoms with van der Waals surface area (Å²) < 4.78 is 0. The maximum absolute atomic E-state index is 6.22. The molecule has 19 heavy (non-hydrogen) atoms. The van der Waals surface area contributed by atoms with Crippen molar-refractivity contribution < 1.29 is 0 Å². The fourth-order valence-corrected chi connectivity index (χ4v) is 3.07. The van der Waals surface area contributed by atoms with Crippen LogP contribution in [-0.4, -0.2) is 5.75 Å². The maximum Gasteiger partial charge on any atom is 0.0541 e. The van der Waals surface area contributed by atoms with Gasteiger partial charge in [0.15, 0.2) is 0 Å². The van der Waals surface area contributed by atoms with E-state index in [4.69, 9.17) is 17.3 Å². The zero-order valence-electron chi connectivity index (χ0n) is 11.0. The van der Waals surface area contributed by atoms with Crippen LogP contribution in [-0.2, 0) is 6.42 Å². The predicted molar refractivity (Wildman–Crippen MR) is 84.9 cm³/mol. The third-order valence-electron chi connectivity index (χ3n) is 3.07. The fourth-order valence-electron chi connectivity index (χ4n) is 1.84. The molecule has 0 radical (unpaired) electrons. The Bertz CT molecular complexity index is 525. The number of rotatable bonds is 5. The number of benzene rings is 2. The number of aryl methyl sites for hydroxylation is 1. The molecule has 2 rings (SSSR count). The molecule has 2 aromatic rings. The zero-order valence-corrected chi connectivity index (χ0v) is 12.5. The highest BCUT2D eigenvalue weighted by Gasteiger charge is 2.08. The average molecular weight is 292 g/mol. The van der Waals surface area contributed by atoms with E-state index in [-0.39, 0.29) is 6.04 Å². The van der Waals surface area contributed by atoms with Crippen molar-refractivity contribution in [3.8, 4) is 0 Å². The van der Waals surface area contributed by atoms with Crippen LogP contribution in [0.1, 0.15) is 24.1 Å². The van der Waals surface area contributed by atoms with Crippen LogP contribution in [0.15, 0.2) is 53.4 Å². The second-order valence-electron chi connectivity index (χ2n) is 4.44. The van der Waals surface area contributed by atoms with Crippen molar-refractivity contribution in [2.75, 3.05) is 5.75 Å². The van der Waals surface area contributed by atoms with Gasteiger partial charge in [-0.15, -0.1) is 11.8 Å². The zero-order chi connectivity index (χ0) is 13.7. The smallest absolute Gasteiger partial charge is 0.0541 e. The largest absolute Gasteiger partial charge is 0.323 e. The van der Waals surface area contributed by atoms with E-state index < -0.39 is 0 Å². The van der Waals surface area contributed by atoms with Gasteiger partial charge in [0.1, 0.15) is 0 Å². The summed E-state index contributed by atoms with van der Waals surface area (Å²) in [6, 6.07) is 16.4. The van der Waals surface area contributed by atoms with Crippen LogP contribution in [0.5, 0.6) is 0 Å². The highest BCUT2D eigenvalue weighted by Crippen LogP contribution is 2.29. The minimum Gasteiger partial charge on any atom is -0.323 e. The number of thioether (sulfide) groups is 1. The van der Waals surface area contributed by atoms with Gasteiger partial charge in [0.2, 0.25) is 0 Å². The standard InChI is InChI=1S/C16H18ClNS/c1-2-12-7-9-13(10-8-12)15(18)11-19-16-6-4-3-5-14(16)17/h3-10,15H,2,11,18H2,1H3. The Morgan fingerprint density at radius 3 is 2.42 bits per heavy atom. The summed E-state index contributed by atoms with van der Waals surface area (Å²) in [4.78, 5) is 1.09. The Morgan fingerprint density at radius 1 is 1.11 bits per heavy atom. The topological polar surface area (TPSA) is 26.0 Å². The molecule has 0 spiro atoms. The Hall–Kier alpha value is -0.960. The lowest BCUT2D eigenvalue weighted by Gasteiger charge is -2.12. The van der Waals surface area contributed by atoms with Crippen LogP contribution in [0.2, 0.25) is 5.02 Å². The van der Waals surface area contributed by atoms with Crippen LogP contribution in [0.4, 0.5) is 0 Å². The number of nitrogens with two attached hydrogens (primary N) is 1. The summed E-state index contributed by atoms with van der Waals surface area (Å²) in [5.74, 6) is 0.829. The second-order valence-corrected chi connectivity index (χ2v) is 5.91. The maximum atomic E-state index is 6.22. The molecule has 0 heterocycles. The van der Waals surface area contributed by atoms with E-state index in [2.05, 4.69) is 31.2 Å². The Kier molecular flexibility index (Phi) is 5.32. The summed E-state index contributed by atoms with van der Waals surface area (Å²) in [5, 5.41) is 0.793. The van der Waals surface area contributed by atoms with E-state index >= 15 is 0 Å². The van der Waals surface area contributed by atoms with Gasteiger partial charge in [-0.2, -0.15) is 0 Å². The number of hydrogen-bond acceptors (Lipinski definition) is 2. The van der Waals surface area contributed by atoms with Crippen LogP contribution in [0.25, 0.3) is 0 Å². The Balaban J connectivity index is 1.97. The molecule has 1 nitrogen and oxygen atoms in total. The molecule has 2 aromatic carbocycles. The normalized spacial score (nSPS) is 12.4. The van der Waals surface area contributed by atoms with Crippen LogP contribution < -0.4 is 5.73 Å². The molecule has 1 atom stereocenters. The molecule has 0 aromatic heterocycles. The van der Waals surface area contributed by atoms with Gasteiger partial charge >= 0.3 is 0 Å². The van der Waals surface area contributed by atoms with Crippen molar-refractivity contribution in [3.63, 3.8) is 0 Å².